The van der Waals surface area contributed by atoms with Crippen molar-refractivity contribution in [2.45, 2.75) is 45.2 Å². The number of aromatic nitrogens is 1. The molecule has 2 heterocycles. The smallest absolute Gasteiger partial charge is 0.317 e. The summed E-state index contributed by atoms with van der Waals surface area (Å²) in [5, 5.41) is 12.1. The second kappa shape index (κ2) is 8.16. The fourth-order valence-electron chi connectivity index (χ4n) is 3.20. The minimum Gasteiger partial charge on any atom is -0.444 e. The zero-order chi connectivity index (χ0) is 17.6. The Bertz CT molecular complexity index is 694. The molecule has 6 heteroatoms. The molecule has 2 N–H and O–H groups in total. The number of aliphatic hydroxyl groups excluding tert-OH is 1. The van der Waals surface area contributed by atoms with Crippen LogP contribution < -0.4 is 5.32 Å². The van der Waals surface area contributed by atoms with Crippen LogP contribution in [0.1, 0.15) is 36.9 Å². The third-order valence-electron chi connectivity index (χ3n) is 4.62. The second-order valence-electron chi connectivity index (χ2n) is 6.52. The highest BCUT2D eigenvalue weighted by molar-refractivity contribution is 5.74. The molecule has 0 aliphatic carbocycles. The SMILES string of the molecule is Cc1ccc(-c2nc(CNC(=O)N3CCCC[C@@H]3CCO)co2)cc1. The lowest BCUT2D eigenvalue weighted by Gasteiger charge is -2.35. The Balaban J connectivity index is 1.58. The highest BCUT2D eigenvalue weighted by Gasteiger charge is 2.26. The molecule has 2 amide bonds. The van der Waals surface area contributed by atoms with Crippen LogP contribution in [0.4, 0.5) is 4.79 Å². The minimum absolute atomic E-state index is 0.0990. The summed E-state index contributed by atoms with van der Waals surface area (Å²) >= 11 is 0. The van der Waals surface area contributed by atoms with E-state index < -0.39 is 0 Å². The average Bonchev–Trinajstić information content (AvgIpc) is 3.10. The molecule has 0 saturated carbocycles. The number of hydrogen-bond acceptors (Lipinski definition) is 4. The van der Waals surface area contributed by atoms with Crippen LogP contribution in [-0.4, -0.2) is 40.2 Å². The summed E-state index contributed by atoms with van der Waals surface area (Å²) in [6.07, 6.45) is 5.29. The largest absolute Gasteiger partial charge is 0.444 e. The molecule has 0 spiro atoms. The van der Waals surface area contributed by atoms with Crippen molar-refractivity contribution < 1.29 is 14.3 Å². The van der Waals surface area contributed by atoms with Crippen molar-refractivity contribution in [3.8, 4) is 11.5 Å². The van der Waals surface area contributed by atoms with Crippen LogP contribution in [-0.2, 0) is 6.54 Å². The number of carbonyl (C=O) groups is 1. The van der Waals surface area contributed by atoms with Gasteiger partial charge in [0.2, 0.25) is 5.89 Å². The molecule has 1 saturated heterocycles. The Hall–Kier alpha value is -2.34. The molecule has 1 aromatic carbocycles. The van der Waals surface area contributed by atoms with E-state index >= 15 is 0 Å². The lowest BCUT2D eigenvalue weighted by Crippen LogP contribution is -2.48. The van der Waals surface area contributed by atoms with Gasteiger partial charge in [0.05, 0.1) is 12.2 Å². The molecule has 1 aliphatic rings. The van der Waals surface area contributed by atoms with E-state index in [0.717, 1.165) is 31.4 Å². The van der Waals surface area contributed by atoms with Crippen molar-refractivity contribution in [2.24, 2.45) is 0 Å². The molecule has 3 rings (SSSR count). The molecule has 0 bridgehead atoms. The number of benzene rings is 1. The molecule has 25 heavy (non-hydrogen) atoms. The maximum atomic E-state index is 12.4. The molecule has 1 fully saturated rings. The van der Waals surface area contributed by atoms with E-state index in [1.165, 1.54) is 5.56 Å². The van der Waals surface area contributed by atoms with Gasteiger partial charge in [-0.15, -0.1) is 0 Å². The van der Waals surface area contributed by atoms with Gasteiger partial charge < -0.3 is 19.7 Å². The summed E-state index contributed by atoms with van der Waals surface area (Å²) in [5.74, 6) is 0.556. The van der Waals surface area contributed by atoms with Gasteiger partial charge in [0.25, 0.3) is 0 Å². The zero-order valence-electron chi connectivity index (χ0n) is 14.6. The van der Waals surface area contributed by atoms with Crippen LogP contribution >= 0.6 is 0 Å². The van der Waals surface area contributed by atoms with Gasteiger partial charge in [0, 0.05) is 24.8 Å². The molecule has 2 aromatic rings. The molecule has 6 nitrogen and oxygen atoms in total. The van der Waals surface area contributed by atoms with Gasteiger partial charge in [-0.25, -0.2) is 9.78 Å². The van der Waals surface area contributed by atoms with Crippen LogP contribution in [0.2, 0.25) is 0 Å². The molecule has 0 radical (unpaired) electrons. The predicted molar refractivity (Wildman–Crippen MR) is 95.0 cm³/mol. The third kappa shape index (κ3) is 4.39. The molecular weight excluding hydrogens is 318 g/mol. The molecule has 1 aliphatic heterocycles. The molecule has 1 atom stereocenters. The standard InChI is InChI=1S/C19H25N3O3/c1-14-5-7-15(8-6-14)18-21-16(13-25-18)12-20-19(24)22-10-3-2-4-17(22)9-11-23/h5-8,13,17,23H,2-4,9-12H2,1H3,(H,20,24)/t17-/m1/s1. The van der Waals surface area contributed by atoms with Gasteiger partial charge in [0.1, 0.15) is 6.26 Å². The van der Waals surface area contributed by atoms with Crippen LogP contribution in [0.3, 0.4) is 0 Å². The number of rotatable bonds is 5. The van der Waals surface area contributed by atoms with Crippen LogP contribution in [0.5, 0.6) is 0 Å². The number of hydrogen-bond donors (Lipinski definition) is 2. The lowest BCUT2D eigenvalue weighted by atomic mass is 10.0. The topological polar surface area (TPSA) is 78.6 Å². The lowest BCUT2D eigenvalue weighted by molar-refractivity contribution is 0.131. The van der Waals surface area contributed by atoms with Crippen molar-refractivity contribution in [2.75, 3.05) is 13.2 Å². The van der Waals surface area contributed by atoms with Gasteiger partial charge in [-0.1, -0.05) is 17.7 Å². The van der Waals surface area contributed by atoms with Crippen molar-refractivity contribution in [3.63, 3.8) is 0 Å². The minimum atomic E-state index is -0.0990. The molecule has 134 valence electrons. The number of oxazole rings is 1. The summed E-state index contributed by atoms with van der Waals surface area (Å²) in [6, 6.07) is 7.99. The van der Waals surface area contributed by atoms with Gasteiger partial charge in [-0.3, -0.25) is 0 Å². The van der Waals surface area contributed by atoms with Gasteiger partial charge in [-0.05, 0) is 44.7 Å². The molecular formula is C19H25N3O3. The number of amides is 2. The Kier molecular flexibility index (Phi) is 5.71. The van der Waals surface area contributed by atoms with Crippen LogP contribution in [0.25, 0.3) is 11.5 Å². The second-order valence-corrected chi connectivity index (χ2v) is 6.52. The zero-order valence-corrected chi connectivity index (χ0v) is 14.6. The number of aliphatic hydroxyl groups is 1. The Morgan fingerprint density at radius 3 is 2.92 bits per heavy atom. The van der Waals surface area contributed by atoms with Gasteiger partial charge in [0.15, 0.2) is 0 Å². The van der Waals surface area contributed by atoms with E-state index in [4.69, 9.17) is 4.42 Å². The number of piperidine rings is 1. The Morgan fingerprint density at radius 2 is 2.16 bits per heavy atom. The molecule has 1 aromatic heterocycles. The fourth-order valence-corrected chi connectivity index (χ4v) is 3.20. The highest BCUT2D eigenvalue weighted by atomic mass is 16.3. The third-order valence-corrected chi connectivity index (χ3v) is 4.62. The normalized spacial score (nSPS) is 17.5. The van der Waals surface area contributed by atoms with Gasteiger partial charge >= 0.3 is 6.03 Å². The first-order valence-electron chi connectivity index (χ1n) is 8.84. The van der Waals surface area contributed by atoms with E-state index in [9.17, 15) is 9.90 Å². The number of nitrogens with one attached hydrogen (secondary N) is 1. The van der Waals surface area contributed by atoms with E-state index in [2.05, 4.69) is 10.3 Å². The first kappa shape index (κ1) is 17.5. The summed E-state index contributed by atoms with van der Waals surface area (Å²) in [4.78, 5) is 18.7. The van der Waals surface area contributed by atoms with E-state index in [0.29, 0.717) is 24.6 Å². The molecule has 0 unspecified atom stereocenters. The van der Waals surface area contributed by atoms with Crippen molar-refractivity contribution in [1.82, 2.24) is 15.2 Å². The number of urea groups is 1. The number of aryl methyl sites for hydroxylation is 1. The summed E-state index contributed by atoms with van der Waals surface area (Å²) < 4.78 is 5.52. The first-order chi connectivity index (χ1) is 12.2. The Labute approximate surface area is 147 Å². The summed E-state index contributed by atoms with van der Waals surface area (Å²) in [5.41, 5.74) is 2.80. The van der Waals surface area contributed by atoms with Crippen molar-refractivity contribution >= 4 is 6.03 Å². The highest BCUT2D eigenvalue weighted by Crippen LogP contribution is 2.21. The quantitative estimate of drug-likeness (QED) is 0.874. The number of nitrogens with zero attached hydrogens (tertiary/aromatic N) is 2. The van der Waals surface area contributed by atoms with Gasteiger partial charge in [-0.2, -0.15) is 0 Å². The number of likely N-dealkylation sites (tertiary alicyclic amines) is 1. The first-order valence-corrected chi connectivity index (χ1v) is 8.84. The van der Waals surface area contributed by atoms with E-state index in [1.54, 1.807) is 6.26 Å². The van der Waals surface area contributed by atoms with Crippen LogP contribution in [0, 0.1) is 6.92 Å². The van der Waals surface area contributed by atoms with E-state index in [-0.39, 0.29) is 18.7 Å². The monoisotopic (exact) mass is 343 g/mol. The average molecular weight is 343 g/mol. The van der Waals surface area contributed by atoms with Crippen molar-refractivity contribution in [1.29, 1.82) is 0 Å². The number of carbonyl (C=O) groups excluding carboxylic acids is 1. The Morgan fingerprint density at radius 1 is 1.36 bits per heavy atom. The summed E-state index contributed by atoms with van der Waals surface area (Å²) in [7, 11) is 0. The predicted octanol–water partition coefficient (Wildman–Crippen LogP) is 3.10. The van der Waals surface area contributed by atoms with Crippen molar-refractivity contribution in [3.05, 3.63) is 41.8 Å². The maximum Gasteiger partial charge on any atom is 0.317 e. The fraction of sp³-hybridized carbons (Fsp3) is 0.474. The maximum absolute atomic E-state index is 12.4. The summed E-state index contributed by atoms with van der Waals surface area (Å²) in [6.45, 7) is 3.21. The van der Waals surface area contributed by atoms with E-state index in [1.807, 2.05) is 36.1 Å². The van der Waals surface area contributed by atoms with Crippen LogP contribution in [0.15, 0.2) is 34.9 Å².